The Balaban J connectivity index is 2.65. The van der Waals surface area contributed by atoms with Crippen LogP contribution in [0.1, 0.15) is 10.5 Å². The van der Waals surface area contributed by atoms with Gasteiger partial charge in [-0.3, -0.25) is 0 Å². The van der Waals surface area contributed by atoms with Crippen LogP contribution < -0.4 is 19.9 Å². The van der Waals surface area contributed by atoms with Gasteiger partial charge in [0.25, 0.3) is 0 Å². The minimum atomic E-state index is -0.559. The summed E-state index contributed by atoms with van der Waals surface area (Å²) < 4.78 is 20.6. The van der Waals surface area contributed by atoms with Gasteiger partial charge >= 0.3 is 5.97 Å². The molecule has 1 aromatic carbocycles. The summed E-state index contributed by atoms with van der Waals surface area (Å²) in [6.07, 6.45) is 0. The number of rotatable bonds is 5. The molecule has 0 fully saturated rings. The molecule has 1 heterocycles. The average molecular weight is 324 g/mol. The van der Waals surface area contributed by atoms with Gasteiger partial charge in [-0.2, -0.15) is 0 Å². The Hall–Kier alpha value is -2.48. The fraction of sp³-hybridized carbons (Fsp3) is 0.286. The molecule has 0 atom stereocenters. The number of methoxy groups -OCH3 is 4. The quantitative estimate of drug-likeness (QED) is 0.843. The van der Waals surface area contributed by atoms with Crippen LogP contribution in [0.4, 0.5) is 5.13 Å². The second-order valence-corrected chi connectivity index (χ2v) is 5.17. The number of thiazole rings is 1. The molecule has 0 amide bonds. The van der Waals surface area contributed by atoms with E-state index < -0.39 is 5.97 Å². The lowest BCUT2D eigenvalue weighted by Gasteiger charge is -2.13. The van der Waals surface area contributed by atoms with E-state index in [4.69, 9.17) is 24.7 Å². The average Bonchev–Trinajstić information content (AvgIpc) is 2.94. The summed E-state index contributed by atoms with van der Waals surface area (Å²) in [4.78, 5) is 16.4. The molecule has 118 valence electrons. The van der Waals surface area contributed by atoms with Crippen LogP contribution in [0.15, 0.2) is 12.1 Å². The predicted octanol–water partition coefficient (Wildman–Crippen LogP) is 2.20. The molecule has 0 spiro atoms. The van der Waals surface area contributed by atoms with Gasteiger partial charge in [0.15, 0.2) is 22.3 Å². The van der Waals surface area contributed by atoms with Crippen molar-refractivity contribution in [2.24, 2.45) is 0 Å². The van der Waals surface area contributed by atoms with Crippen molar-refractivity contribution in [3.05, 3.63) is 17.8 Å². The summed E-state index contributed by atoms with van der Waals surface area (Å²) in [7, 11) is 5.84. The molecule has 0 aliphatic rings. The Labute approximate surface area is 131 Å². The Morgan fingerprint density at radius 1 is 1.09 bits per heavy atom. The van der Waals surface area contributed by atoms with E-state index in [-0.39, 0.29) is 10.8 Å². The monoisotopic (exact) mass is 324 g/mol. The van der Waals surface area contributed by atoms with Crippen LogP contribution in [0.2, 0.25) is 0 Å². The third-order valence-electron chi connectivity index (χ3n) is 2.95. The summed E-state index contributed by atoms with van der Waals surface area (Å²) in [5, 5.41) is 0.268. The molecule has 0 unspecified atom stereocenters. The van der Waals surface area contributed by atoms with Crippen molar-refractivity contribution in [3.8, 4) is 27.7 Å². The van der Waals surface area contributed by atoms with Gasteiger partial charge in [0, 0.05) is 5.56 Å². The van der Waals surface area contributed by atoms with Crippen LogP contribution in [0, 0.1) is 0 Å². The first kappa shape index (κ1) is 15.9. The Morgan fingerprint density at radius 3 is 2.14 bits per heavy atom. The van der Waals surface area contributed by atoms with Crippen molar-refractivity contribution < 1.29 is 23.7 Å². The molecule has 22 heavy (non-hydrogen) atoms. The highest BCUT2D eigenvalue weighted by atomic mass is 32.1. The molecule has 1 aromatic heterocycles. The highest BCUT2D eigenvalue weighted by Gasteiger charge is 2.22. The third kappa shape index (κ3) is 2.77. The van der Waals surface area contributed by atoms with Crippen molar-refractivity contribution in [2.75, 3.05) is 34.2 Å². The van der Waals surface area contributed by atoms with E-state index in [9.17, 15) is 4.79 Å². The van der Waals surface area contributed by atoms with Gasteiger partial charge in [-0.1, -0.05) is 11.3 Å². The molecule has 2 rings (SSSR count). The first-order chi connectivity index (χ1) is 10.5. The van der Waals surface area contributed by atoms with E-state index in [1.807, 2.05) is 0 Å². The van der Waals surface area contributed by atoms with Crippen LogP contribution >= 0.6 is 11.3 Å². The molecule has 2 aromatic rings. The number of carbonyl (C=O) groups is 1. The lowest BCUT2D eigenvalue weighted by atomic mass is 10.1. The number of anilines is 1. The first-order valence-corrected chi connectivity index (χ1v) is 7.02. The molecule has 0 radical (unpaired) electrons. The standard InChI is InChI=1S/C14H16N2O5S/c1-18-8-5-7(6-9(19-2)11(8)20-3)12-10(13(17)21-4)16-14(15)22-12/h5-6H,1-4H3,(H2,15,16). The molecule has 0 saturated heterocycles. The summed E-state index contributed by atoms with van der Waals surface area (Å²) in [6, 6.07) is 3.45. The zero-order valence-electron chi connectivity index (χ0n) is 12.6. The lowest BCUT2D eigenvalue weighted by Crippen LogP contribution is -2.04. The topological polar surface area (TPSA) is 92.9 Å². The molecule has 0 aliphatic carbocycles. The van der Waals surface area contributed by atoms with Crippen molar-refractivity contribution in [1.29, 1.82) is 0 Å². The smallest absolute Gasteiger partial charge is 0.358 e. The van der Waals surface area contributed by atoms with Gasteiger partial charge in [-0.15, -0.1) is 0 Å². The number of benzene rings is 1. The van der Waals surface area contributed by atoms with Crippen LogP contribution in [-0.2, 0) is 4.74 Å². The van der Waals surface area contributed by atoms with Crippen molar-refractivity contribution in [2.45, 2.75) is 0 Å². The van der Waals surface area contributed by atoms with Gasteiger partial charge in [-0.05, 0) is 12.1 Å². The minimum Gasteiger partial charge on any atom is -0.493 e. The zero-order chi connectivity index (χ0) is 16.3. The molecular weight excluding hydrogens is 308 g/mol. The lowest BCUT2D eigenvalue weighted by molar-refractivity contribution is 0.0596. The number of ether oxygens (including phenoxy) is 4. The predicted molar refractivity (Wildman–Crippen MR) is 83.0 cm³/mol. The van der Waals surface area contributed by atoms with Crippen LogP contribution in [-0.4, -0.2) is 39.4 Å². The van der Waals surface area contributed by atoms with Gasteiger partial charge in [0.2, 0.25) is 5.75 Å². The third-order valence-corrected chi connectivity index (χ3v) is 3.88. The number of esters is 1. The number of carbonyl (C=O) groups excluding carboxylic acids is 1. The first-order valence-electron chi connectivity index (χ1n) is 6.20. The van der Waals surface area contributed by atoms with E-state index >= 15 is 0 Å². The number of nitrogens with zero attached hydrogens (tertiary/aromatic N) is 1. The molecule has 7 nitrogen and oxygen atoms in total. The Morgan fingerprint density at radius 2 is 1.68 bits per heavy atom. The van der Waals surface area contributed by atoms with Crippen molar-refractivity contribution in [3.63, 3.8) is 0 Å². The molecule has 0 saturated carbocycles. The highest BCUT2D eigenvalue weighted by Crippen LogP contribution is 2.43. The summed E-state index contributed by atoms with van der Waals surface area (Å²) in [5.74, 6) is 0.849. The van der Waals surface area contributed by atoms with Crippen LogP contribution in [0.3, 0.4) is 0 Å². The fourth-order valence-electron chi connectivity index (χ4n) is 1.98. The van der Waals surface area contributed by atoms with Crippen molar-refractivity contribution in [1.82, 2.24) is 4.98 Å². The van der Waals surface area contributed by atoms with Gasteiger partial charge in [0.05, 0.1) is 33.3 Å². The van der Waals surface area contributed by atoms with E-state index in [1.165, 1.54) is 39.8 Å². The van der Waals surface area contributed by atoms with Gasteiger partial charge in [0.1, 0.15) is 0 Å². The van der Waals surface area contributed by atoms with Crippen LogP contribution in [0.25, 0.3) is 10.4 Å². The minimum absolute atomic E-state index is 0.152. The molecule has 8 heteroatoms. The SMILES string of the molecule is COC(=O)c1nc(N)sc1-c1cc(OC)c(OC)c(OC)c1. The molecule has 0 bridgehead atoms. The zero-order valence-corrected chi connectivity index (χ0v) is 13.4. The highest BCUT2D eigenvalue weighted by molar-refractivity contribution is 7.19. The van der Waals surface area contributed by atoms with Gasteiger partial charge < -0.3 is 24.7 Å². The summed E-state index contributed by atoms with van der Waals surface area (Å²) in [6.45, 7) is 0. The number of aromatic nitrogens is 1. The van der Waals surface area contributed by atoms with Crippen molar-refractivity contribution >= 4 is 22.4 Å². The Kier molecular flexibility index (Phi) is 4.71. The molecule has 2 N–H and O–H groups in total. The number of nitrogens with two attached hydrogens (primary N) is 1. The molecule has 0 aliphatic heterocycles. The number of hydrogen-bond donors (Lipinski definition) is 1. The van der Waals surface area contributed by atoms with Crippen LogP contribution in [0.5, 0.6) is 17.2 Å². The number of hydrogen-bond acceptors (Lipinski definition) is 8. The van der Waals surface area contributed by atoms with E-state index in [1.54, 1.807) is 12.1 Å². The summed E-state index contributed by atoms with van der Waals surface area (Å²) in [5.41, 5.74) is 6.54. The Bertz CT molecular complexity index is 674. The summed E-state index contributed by atoms with van der Waals surface area (Å²) >= 11 is 1.18. The molecular formula is C14H16N2O5S. The maximum absolute atomic E-state index is 11.8. The largest absolute Gasteiger partial charge is 0.493 e. The second kappa shape index (κ2) is 6.52. The maximum atomic E-state index is 11.8. The maximum Gasteiger partial charge on any atom is 0.358 e. The fourth-order valence-corrected chi connectivity index (χ4v) is 2.79. The normalized spacial score (nSPS) is 10.2. The number of nitrogen functional groups attached to an aromatic ring is 1. The second-order valence-electron chi connectivity index (χ2n) is 4.14. The van der Waals surface area contributed by atoms with E-state index in [0.717, 1.165) is 0 Å². The van der Waals surface area contributed by atoms with E-state index in [0.29, 0.717) is 27.7 Å². The van der Waals surface area contributed by atoms with Gasteiger partial charge in [-0.25, -0.2) is 9.78 Å². The van der Waals surface area contributed by atoms with E-state index in [2.05, 4.69) is 4.98 Å².